The number of H-pyrrole nitrogens is 1. The number of hydrogen-bond donors (Lipinski definition) is 1. The number of para-hydroxylation sites is 1. The van der Waals surface area contributed by atoms with Crippen LogP contribution in [-0.2, 0) is 35.8 Å². The van der Waals surface area contributed by atoms with Gasteiger partial charge >= 0.3 is 0 Å². The van der Waals surface area contributed by atoms with Gasteiger partial charge in [0, 0.05) is 139 Å². The average molecular weight is 1680 g/mol. The zero-order valence-electron chi connectivity index (χ0n) is 80.4. The predicted molar refractivity (Wildman–Crippen MR) is 525 cm³/mol. The molecule has 14 nitrogen and oxygen atoms in total. The van der Waals surface area contributed by atoms with E-state index in [4.69, 9.17) is 0 Å². The minimum atomic E-state index is 0.182. The zero-order valence-corrected chi connectivity index (χ0v) is 82.0. The molecule has 12 aromatic rings. The summed E-state index contributed by atoms with van der Waals surface area (Å²) >= 11 is 3.60. The van der Waals surface area contributed by atoms with Gasteiger partial charge in [0.05, 0.1) is 23.4 Å². The Kier molecular flexibility index (Phi) is 50.3. The van der Waals surface area contributed by atoms with E-state index in [0.29, 0.717) is 69.5 Å². The summed E-state index contributed by atoms with van der Waals surface area (Å²) in [6.07, 6.45) is 37.4. The Hall–Kier alpha value is -9.77. The number of nitrogens with zero attached hydrogens (tertiary/aromatic N) is 13. The maximum Gasteiger partial charge on any atom is 0.115 e. The molecule has 0 spiro atoms. The summed E-state index contributed by atoms with van der Waals surface area (Å²) in [6, 6.07) is 39.7. The average Bonchev–Trinajstić information content (AvgIpc) is 1.84. The van der Waals surface area contributed by atoms with Crippen molar-refractivity contribution in [2.75, 3.05) is 6.54 Å². The molecule has 0 bridgehead atoms. The summed E-state index contributed by atoms with van der Waals surface area (Å²) in [7, 11) is 3.99. The maximum absolute atomic E-state index is 4.40. The Bertz CT molecular complexity index is 4420. The number of nitrogens with one attached hydrogen (secondary N) is 1. The Labute approximate surface area is 741 Å². The van der Waals surface area contributed by atoms with Crippen LogP contribution in [0.1, 0.15) is 323 Å². The summed E-state index contributed by atoms with van der Waals surface area (Å²) < 4.78 is 3.96. The van der Waals surface area contributed by atoms with Gasteiger partial charge in [-0.15, -0.1) is 11.3 Å². The van der Waals surface area contributed by atoms with Crippen LogP contribution in [0.15, 0.2) is 259 Å². The maximum atomic E-state index is 4.40. The van der Waals surface area contributed by atoms with Gasteiger partial charge in [-0.25, -0.2) is 19.9 Å². The molecule has 0 radical (unpaired) electrons. The van der Waals surface area contributed by atoms with Crippen LogP contribution in [0.2, 0.25) is 0 Å². The van der Waals surface area contributed by atoms with Gasteiger partial charge in [-0.3, -0.25) is 34.6 Å². The number of rotatable bonds is 9. The molecule has 2 aliphatic rings. The van der Waals surface area contributed by atoms with E-state index in [2.05, 4.69) is 400 Å². The van der Waals surface area contributed by atoms with Crippen molar-refractivity contribution in [2.24, 2.45) is 30.9 Å². The van der Waals surface area contributed by atoms with E-state index < -0.39 is 0 Å². The lowest BCUT2D eigenvalue weighted by Crippen LogP contribution is -2.12. The molecule has 0 unspecified atom stereocenters. The van der Waals surface area contributed by atoms with Crippen molar-refractivity contribution in [2.45, 2.75) is 284 Å². The smallest absolute Gasteiger partial charge is 0.115 e. The SMILES string of the molecule is CC(C)(C)c1ccccc1.CC(C)(C)c1ccccn1.CC(C)(C)c1cccs1.CC(C)(C)c1ccsc1.CC(C)C1=CCC=C1.CC(C)C1=NCC=C1.CC(C)c1cccnc1.CC(C)c1cnc2ccccc2c1.CC(C)c1cnccn1.CC(C)c1cncnc1.CC(C)c1ncc[nH]1.CC(C)c1nccn1C.Cc1cc(C(C)C)nn1C. The van der Waals surface area contributed by atoms with Crippen molar-refractivity contribution >= 4 is 39.3 Å². The molecule has 14 rings (SSSR count). The molecule has 656 valence electrons. The third kappa shape index (κ3) is 46.2. The summed E-state index contributed by atoms with van der Waals surface area (Å²) in [5, 5.41) is 12.0. The number of benzene rings is 2. The van der Waals surface area contributed by atoms with E-state index in [0.717, 1.165) is 41.5 Å². The zero-order chi connectivity index (χ0) is 90.9. The number of hydrogen-bond acceptors (Lipinski definition) is 13. The van der Waals surface area contributed by atoms with Crippen molar-refractivity contribution in [1.82, 2.24) is 64.2 Å². The summed E-state index contributed by atoms with van der Waals surface area (Å²) in [5.41, 5.74) is 16.2. The molecule has 0 amide bonds. The topological polar surface area (TPSA) is 167 Å². The molecule has 0 saturated heterocycles. The molecule has 16 heteroatoms. The molecule has 10 aromatic heterocycles. The first-order valence-electron chi connectivity index (χ1n) is 43.2. The second-order valence-corrected chi connectivity index (χ2v) is 38.5. The number of pyridine rings is 3. The molecular weight excluding hydrogens is 1520 g/mol. The minimum Gasteiger partial charge on any atom is -0.348 e. The number of aromatic amines is 1. The number of aryl methyl sites for hydroxylation is 3. The largest absolute Gasteiger partial charge is 0.348 e. The number of aromatic nitrogens is 13. The van der Waals surface area contributed by atoms with Crippen LogP contribution >= 0.6 is 22.7 Å². The highest BCUT2D eigenvalue weighted by molar-refractivity contribution is 7.10. The highest BCUT2D eigenvalue weighted by Gasteiger charge is 2.16. The van der Waals surface area contributed by atoms with Gasteiger partial charge in [-0.1, -0.05) is 299 Å². The highest BCUT2D eigenvalue weighted by Crippen LogP contribution is 2.28. The van der Waals surface area contributed by atoms with Gasteiger partial charge in [-0.2, -0.15) is 16.4 Å². The van der Waals surface area contributed by atoms with Gasteiger partial charge in [0.2, 0.25) is 0 Å². The number of imidazole rings is 2. The second kappa shape index (κ2) is 56.8. The lowest BCUT2D eigenvalue weighted by atomic mass is 9.87. The Morgan fingerprint density at radius 3 is 1.37 bits per heavy atom. The van der Waals surface area contributed by atoms with Crippen molar-refractivity contribution in [3.63, 3.8) is 0 Å². The molecular formula is C105H154N14S2. The standard InChI is InChI=1S/C12H13N.C10H14.C9H13N.C8H14N2.C8H11N.2C8H12S.C8H12.C7H10N2.C7H12N2.C7H10N2.C7H11N.C6H10N2/c1-9(2)11-7-10-5-3-4-6-12(10)13-8-11;1-10(2,3)9-7-5-4-6-8-9;1-9(2,3)8-6-4-5-7-10-8;1-6(2)8-5-7(3)10(4)9-8;1-7(2)8-4-3-5-9-6-8;1-8(2,3)7-4-5-9-6-7;1-8(2,3)7-5-4-6-9-7;1-7(2)8-5-3-4-6-8;1-6(2)7-3-8-5-9-4-7;1-6(2)7-8-4-5-9(7)3;1-6(2)7-5-8-3-4-9-7;1-6(2)7-4-3-5-8-7;1-5(2)6-7-3-4-8-6/h3-9H,1-2H3;4-8H,1-3H3;4-7H,1-3H3;5-6H,1-4H3;3-7H,1-2H3;2*4-6H,1-3H3;3,5-7H,4H2,1-2H3;3-6H,1-2H3;4-6H,1-3H3;3-6H,1-2H3;3-4,6H,5H2,1-2H3;3-5H,1-2H3,(H,7,8). The number of thiophene rings is 2. The van der Waals surface area contributed by atoms with Crippen molar-refractivity contribution in [1.29, 1.82) is 0 Å². The quantitative estimate of drug-likeness (QED) is 0.147. The molecule has 1 aliphatic heterocycles. The molecule has 0 saturated carbocycles. The number of fused-ring (bicyclic) bond motifs is 1. The molecule has 1 aliphatic carbocycles. The van der Waals surface area contributed by atoms with Gasteiger partial charge in [0.15, 0.2) is 0 Å². The highest BCUT2D eigenvalue weighted by atomic mass is 32.1. The lowest BCUT2D eigenvalue weighted by molar-refractivity contribution is 0.569. The van der Waals surface area contributed by atoms with E-state index in [1.54, 1.807) is 48.6 Å². The molecule has 0 fully saturated rings. The first-order chi connectivity index (χ1) is 56.8. The first-order valence-corrected chi connectivity index (χ1v) is 45.0. The number of aliphatic imine (C=N–C) groups is 1. The summed E-state index contributed by atoms with van der Waals surface area (Å²) in [6.45, 7) is 68.3. The van der Waals surface area contributed by atoms with Gasteiger partial charge in [0.1, 0.15) is 18.0 Å². The van der Waals surface area contributed by atoms with Crippen LogP contribution in [0.5, 0.6) is 0 Å². The van der Waals surface area contributed by atoms with E-state index in [-0.39, 0.29) is 5.41 Å². The molecule has 121 heavy (non-hydrogen) atoms. The van der Waals surface area contributed by atoms with Crippen LogP contribution in [0, 0.1) is 18.8 Å². The molecule has 2 aromatic carbocycles. The fourth-order valence-electron chi connectivity index (χ4n) is 10.5. The van der Waals surface area contributed by atoms with Crippen molar-refractivity contribution in [3.8, 4) is 0 Å². The predicted octanol–water partition coefficient (Wildman–Crippen LogP) is 29.3. The lowest BCUT2D eigenvalue weighted by Gasteiger charge is -2.18. The van der Waals surface area contributed by atoms with Crippen molar-refractivity contribution in [3.05, 3.63) is 321 Å². The van der Waals surface area contributed by atoms with E-state index >= 15 is 0 Å². The first kappa shape index (κ1) is 107. The third-order valence-electron chi connectivity index (χ3n) is 18.7. The third-order valence-corrected chi connectivity index (χ3v) is 20.6. The van der Waals surface area contributed by atoms with Crippen LogP contribution < -0.4 is 0 Å². The van der Waals surface area contributed by atoms with E-state index in [1.807, 2.05) is 121 Å². The second-order valence-electron chi connectivity index (χ2n) is 36.7. The summed E-state index contributed by atoms with van der Waals surface area (Å²) in [5.74, 6) is 7.29. The Balaban J connectivity index is 0.000000445. The van der Waals surface area contributed by atoms with Crippen molar-refractivity contribution < 1.29 is 0 Å². The molecule has 0 atom stereocenters. The monoisotopic (exact) mass is 1680 g/mol. The van der Waals surface area contributed by atoms with Gasteiger partial charge < -0.3 is 9.55 Å². The van der Waals surface area contributed by atoms with E-state index in [1.165, 1.54) is 60.8 Å². The van der Waals surface area contributed by atoms with Crippen LogP contribution in [0.4, 0.5) is 0 Å². The van der Waals surface area contributed by atoms with Gasteiger partial charge in [0.25, 0.3) is 0 Å². The van der Waals surface area contributed by atoms with Crippen LogP contribution in [0.3, 0.4) is 0 Å². The fraction of sp³-hybridized carbons (Fsp3) is 0.457. The van der Waals surface area contributed by atoms with Crippen LogP contribution in [-0.4, -0.2) is 76.4 Å². The van der Waals surface area contributed by atoms with E-state index in [9.17, 15) is 0 Å². The Morgan fingerprint density at radius 1 is 0.430 bits per heavy atom. The minimum absolute atomic E-state index is 0.182. The fourth-order valence-corrected chi connectivity index (χ4v) is 12.2. The Morgan fingerprint density at radius 2 is 1.05 bits per heavy atom. The van der Waals surface area contributed by atoms with Gasteiger partial charge in [-0.05, 0) is 175 Å². The molecule has 11 heterocycles. The van der Waals surface area contributed by atoms with Crippen LogP contribution in [0.25, 0.3) is 10.9 Å². The summed E-state index contributed by atoms with van der Waals surface area (Å²) in [4.78, 5) is 45.5. The number of allylic oxidation sites excluding steroid dienone is 5. The molecule has 1 N–H and O–H groups in total. The normalized spacial score (nSPS) is 11.8.